The van der Waals surface area contributed by atoms with Gasteiger partial charge in [-0.25, -0.2) is 4.98 Å². The molecule has 1 saturated heterocycles. The molecular weight excluding hydrogens is 234 g/mol. The average molecular weight is 261 g/mol. The van der Waals surface area contributed by atoms with Crippen LogP contribution in [0.4, 0.5) is 5.82 Å². The van der Waals surface area contributed by atoms with Crippen molar-refractivity contribution in [1.82, 2.24) is 9.88 Å². The van der Waals surface area contributed by atoms with Crippen molar-refractivity contribution in [3.8, 4) is 0 Å². The topological polar surface area (TPSA) is 28.2 Å². The van der Waals surface area contributed by atoms with Crippen LogP contribution in [-0.4, -0.2) is 29.5 Å². The van der Waals surface area contributed by atoms with E-state index in [-0.39, 0.29) is 0 Å². The van der Waals surface area contributed by atoms with Crippen LogP contribution in [0.5, 0.6) is 0 Å². The summed E-state index contributed by atoms with van der Waals surface area (Å²) in [6.07, 6.45) is 8.33. The smallest absolute Gasteiger partial charge is 0.125 e. The second-order valence-electron chi connectivity index (χ2n) is 5.45. The first kappa shape index (κ1) is 14.3. The van der Waals surface area contributed by atoms with E-state index in [1.807, 2.05) is 0 Å². The normalized spacial score (nSPS) is 19.8. The number of hydrogen-bond acceptors (Lipinski definition) is 3. The molecule has 1 N–H and O–H groups in total. The van der Waals surface area contributed by atoms with Gasteiger partial charge in [-0.05, 0) is 50.4 Å². The van der Waals surface area contributed by atoms with E-state index in [9.17, 15) is 0 Å². The second-order valence-corrected chi connectivity index (χ2v) is 5.45. The van der Waals surface area contributed by atoms with E-state index in [2.05, 4.69) is 47.4 Å². The van der Waals surface area contributed by atoms with Crippen LogP contribution in [0.25, 0.3) is 0 Å². The Morgan fingerprint density at radius 2 is 2.21 bits per heavy atom. The largest absolute Gasteiger partial charge is 0.370 e. The van der Waals surface area contributed by atoms with Crippen molar-refractivity contribution >= 4 is 5.82 Å². The summed E-state index contributed by atoms with van der Waals surface area (Å²) in [7, 11) is 0. The van der Waals surface area contributed by atoms with Crippen molar-refractivity contribution in [2.45, 2.75) is 52.0 Å². The van der Waals surface area contributed by atoms with E-state index in [1.54, 1.807) is 0 Å². The summed E-state index contributed by atoms with van der Waals surface area (Å²) in [4.78, 5) is 7.15. The molecule has 0 radical (unpaired) electrons. The second kappa shape index (κ2) is 7.49. The lowest BCUT2D eigenvalue weighted by atomic mass is 10.1. The van der Waals surface area contributed by atoms with Gasteiger partial charge in [-0.15, -0.1) is 0 Å². The van der Waals surface area contributed by atoms with Crippen molar-refractivity contribution in [2.24, 2.45) is 0 Å². The van der Waals surface area contributed by atoms with Gasteiger partial charge in [0.2, 0.25) is 0 Å². The summed E-state index contributed by atoms with van der Waals surface area (Å²) in [5.41, 5.74) is 1.38. The van der Waals surface area contributed by atoms with E-state index in [4.69, 9.17) is 0 Å². The summed E-state index contributed by atoms with van der Waals surface area (Å²) >= 11 is 0. The van der Waals surface area contributed by atoms with Gasteiger partial charge < -0.3 is 5.32 Å². The van der Waals surface area contributed by atoms with Crippen LogP contribution < -0.4 is 5.32 Å². The zero-order valence-electron chi connectivity index (χ0n) is 12.4. The van der Waals surface area contributed by atoms with Gasteiger partial charge in [0, 0.05) is 18.8 Å². The quantitative estimate of drug-likeness (QED) is 0.756. The molecule has 106 valence electrons. The number of likely N-dealkylation sites (tertiary alicyclic amines) is 1. The summed E-state index contributed by atoms with van der Waals surface area (Å²) in [5.74, 6) is 1.01. The Kier molecular flexibility index (Phi) is 5.64. The fraction of sp³-hybridized carbons (Fsp3) is 0.688. The molecule has 0 amide bonds. The Balaban J connectivity index is 1.93. The fourth-order valence-corrected chi connectivity index (χ4v) is 2.86. The van der Waals surface area contributed by atoms with Gasteiger partial charge in [-0.2, -0.15) is 0 Å². The van der Waals surface area contributed by atoms with Crippen LogP contribution in [0.1, 0.15) is 57.6 Å². The number of nitrogens with zero attached hydrogens (tertiary/aromatic N) is 2. The molecule has 1 aliphatic heterocycles. The number of anilines is 1. The van der Waals surface area contributed by atoms with Crippen LogP contribution in [0.2, 0.25) is 0 Å². The SMILES string of the molecule is CCCCNc1ccc([C@H]2CCCN2CCC)cn1. The lowest BCUT2D eigenvalue weighted by Crippen LogP contribution is -2.24. The first-order valence-electron chi connectivity index (χ1n) is 7.79. The van der Waals surface area contributed by atoms with E-state index in [0.717, 1.165) is 12.4 Å². The van der Waals surface area contributed by atoms with Crippen molar-refractivity contribution in [2.75, 3.05) is 25.0 Å². The van der Waals surface area contributed by atoms with E-state index in [1.165, 1.54) is 50.8 Å². The van der Waals surface area contributed by atoms with Gasteiger partial charge in [-0.3, -0.25) is 4.90 Å². The molecule has 2 heterocycles. The first-order chi connectivity index (χ1) is 9.35. The maximum Gasteiger partial charge on any atom is 0.125 e. The van der Waals surface area contributed by atoms with Gasteiger partial charge in [0.15, 0.2) is 0 Å². The molecule has 1 aliphatic rings. The van der Waals surface area contributed by atoms with Gasteiger partial charge in [0.05, 0.1) is 0 Å². The Labute approximate surface area is 117 Å². The predicted molar refractivity (Wildman–Crippen MR) is 81.5 cm³/mol. The number of aromatic nitrogens is 1. The van der Waals surface area contributed by atoms with Crippen molar-refractivity contribution < 1.29 is 0 Å². The van der Waals surface area contributed by atoms with E-state index in [0.29, 0.717) is 6.04 Å². The minimum atomic E-state index is 0.595. The Morgan fingerprint density at radius 3 is 2.89 bits per heavy atom. The summed E-state index contributed by atoms with van der Waals surface area (Å²) in [6, 6.07) is 4.98. The maximum atomic E-state index is 4.55. The van der Waals surface area contributed by atoms with Crippen LogP contribution in [0.15, 0.2) is 18.3 Å². The zero-order chi connectivity index (χ0) is 13.5. The summed E-state index contributed by atoms with van der Waals surface area (Å²) in [6.45, 7) is 7.94. The Bertz CT molecular complexity index is 361. The molecule has 3 heteroatoms. The Morgan fingerprint density at radius 1 is 1.32 bits per heavy atom. The number of pyridine rings is 1. The minimum Gasteiger partial charge on any atom is -0.370 e. The molecule has 19 heavy (non-hydrogen) atoms. The third-order valence-electron chi connectivity index (χ3n) is 3.88. The highest BCUT2D eigenvalue weighted by molar-refractivity contribution is 5.36. The zero-order valence-corrected chi connectivity index (χ0v) is 12.4. The summed E-state index contributed by atoms with van der Waals surface area (Å²) in [5, 5.41) is 3.38. The molecule has 2 rings (SSSR count). The highest BCUT2D eigenvalue weighted by atomic mass is 15.2. The lowest BCUT2D eigenvalue weighted by molar-refractivity contribution is 0.257. The monoisotopic (exact) mass is 261 g/mol. The van der Waals surface area contributed by atoms with Crippen LogP contribution >= 0.6 is 0 Å². The molecule has 1 aromatic heterocycles. The fourth-order valence-electron chi connectivity index (χ4n) is 2.86. The molecule has 0 saturated carbocycles. The van der Waals surface area contributed by atoms with Crippen LogP contribution in [0.3, 0.4) is 0 Å². The highest BCUT2D eigenvalue weighted by Gasteiger charge is 2.25. The third-order valence-corrected chi connectivity index (χ3v) is 3.88. The van der Waals surface area contributed by atoms with Crippen molar-refractivity contribution in [1.29, 1.82) is 0 Å². The lowest BCUT2D eigenvalue weighted by Gasteiger charge is -2.24. The molecule has 0 aromatic carbocycles. The van der Waals surface area contributed by atoms with Gasteiger partial charge in [0.25, 0.3) is 0 Å². The molecule has 3 nitrogen and oxygen atoms in total. The van der Waals surface area contributed by atoms with Gasteiger partial charge >= 0.3 is 0 Å². The minimum absolute atomic E-state index is 0.595. The molecular formula is C16H27N3. The van der Waals surface area contributed by atoms with Crippen LogP contribution in [-0.2, 0) is 0 Å². The van der Waals surface area contributed by atoms with Gasteiger partial charge in [0.1, 0.15) is 5.82 Å². The molecule has 0 aliphatic carbocycles. The highest BCUT2D eigenvalue weighted by Crippen LogP contribution is 2.31. The summed E-state index contributed by atoms with van der Waals surface area (Å²) < 4.78 is 0. The molecule has 0 bridgehead atoms. The standard InChI is InChI=1S/C16H27N3/c1-3-5-10-17-16-9-8-14(13-18-16)15-7-6-12-19(15)11-4-2/h8-9,13,15H,3-7,10-12H2,1-2H3,(H,17,18)/t15-/m1/s1. The van der Waals surface area contributed by atoms with Crippen molar-refractivity contribution in [3.63, 3.8) is 0 Å². The first-order valence-corrected chi connectivity index (χ1v) is 7.79. The van der Waals surface area contributed by atoms with E-state index >= 15 is 0 Å². The number of unbranched alkanes of at least 4 members (excludes halogenated alkanes) is 1. The molecule has 1 fully saturated rings. The van der Waals surface area contributed by atoms with Crippen molar-refractivity contribution in [3.05, 3.63) is 23.9 Å². The predicted octanol–water partition coefficient (Wildman–Crippen LogP) is 3.84. The van der Waals surface area contributed by atoms with Gasteiger partial charge in [-0.1, -0.05) is 26.3 Å². The molecule has 1 atom stereocenters. The van der Waals surface area contributed by atoms with Crippen LogP contribution in [0, 0.1) is 0 Å². The van der Waals surface area contributed by atoms with E-state index < -0.39 is 0 Å². The Hall–Kier alpha value is -1.09. The third kappa shape index (κ3) is 3.93. The average Bonchev–Trinajstić information content (AvgIpc) is 2.89. The molecule has 0 spiro atoms. The number of hydrogen-bond donors (Lipinski definition) is 1. The number of nitrogens with one attached hydrogen (secondary N) is 1. The molecule has 0 unspecified atom stereocenters. The number of rotatable bonds is 7. The maximum absolute atomic E-state index is 4.55. The molecule has 1 aromatic rings.